The van der Waals surface area contributed by atoms with Crippen LogP contribution in [0.25, 0.3) is 0 Å². The first-order valence-electron chi connectivity index (χ1n) is 9.50. The number of amides is 1. The van der Waals surface area contributed by atoms with Crippen LogP contribution in [0.1, 0.15) is 43.2 Å². The molecule has 2 aliphatic rings. The first-order chi connectivity index (χ1) is 13.1. The van der Waals surface area contributed by atoms with E-state index in [-0.39, 0.29) is 5.91 Å². The third kappa shape index (κ3) is 3.42. The van der Waals surface area contributed by atoms with Crippen LogP contribution in [-0.2, 0) is 14.3 Å². The van der Waals surface area contributed by atoms with Crippen molar-refractivity contribution in [3.63, 3.8) is 0 Å². The normalized spacial score (nSPS) is 17.3. The van der Waals surface area contributed by atoms with Crippen LogP contribution in [0.15, 0.2) is 48.5 Å². The molecule has 1 fully saturated rings. The minimum atomic E-state index is -0.794. The summed E-state index contributed by atoms with van der Waals surface area (Å²) in [5.41, 5.74) is 1.53. The predicted molar refractivity (Wildman–Crippen MR) is 101 cm³/mol. The van der Waals surface area contributed by atoms with Crippen molar-refractivity contribution in [3.05, 3.63) is 59.7 Å². The average molecular weight is 365 g/mol. The minimum Gasteiger partial charge on any atom is -0.457 e. The van der Waals surface area contributed by atoms with E-state index in [4.69, 9.17) is 9.47 Å². The molecule has 0 N–H and O–H groups in total. The number of rotatable bonds is 3. The van der Waals surface area contributed by atoms with E-state index in [2.05, 4.69) is 0 Å². The SMILES string of the molecule is C[C@H](OC(=O)C1c2ccccc2Oc2ccccc21)C(=O)N1CCCCC1. The van der Waals surface area contributed by atoms with Gasteiger partial charge >= 0.3 is 5.97 Å². The number of carbonyl (C=O) groups is 2. The van der Waals surface area contributed by atoms with Crippen molar-refractivity contribution in [2.45, 2.75) is 38.2 Å². The van der Waals surface area contributed by atoms with Gasteiger partial charge in [0, 0.05) is 24.2 Å². The Balaban J connectivity index is 1.57. The second kappa shape index (κ2) is 7.43. The van der Waals surface area contributed by atoms with E-state index in [0.29, 0.717) is 11.5 Å². The standard InChI is InChI=1S/C22H23NO4/c1-15(21(24)23-13-7-2-8-14-23)26-22(25)20-16-9-3-5-11-18(16)27-19-12-6-4-10-17(19)20/h3-6,9-12,15,20H,2,7-8,13-14H2,1H3/t15-/m0/s1. The van der Waals surface area contributed by atoms with E-state index in [0.717, 1.165) is 43.5 Å². The third-order valence-corrected chi connectivity index (χ3v) is 5.22. The van der Waals surface area contributed by atoms with Crippen molar-refractivity contribution in [2.75, 3.05) is 13.1 Å². The number of esters is 1. The zero-order chi connectivity index (χ0) is 18.8. The van der Waals surface area contributed by atoms with Gasteiger partial charge in [-0.3, -0.25) is 9.59 Å². The summed E-state index contributed by atoms with van der Waals surface area (Å²) in [5, 5.41) is 0. The fraction of sp³-hybridized carbons (Fsp3) is 0.364. The van der Waals surface area contributed by atoms with E-state index >= 15 is 0 Å². The summed E-state index contributed by atoms with van der Waals surface area (Å²) in [7, 11) is 0. The predicted octanol–water partition coefficient (Wildman–Crippen LogP) is 3.87. The molecule has 0 unspecified atom stereocenters. The summed E-state index contributed by atoms with van der Waals surface area (Å²) < 4.78 is 11.6. The summed E-state index contributed by atoms with van der Waals surface area (Å²) >= 11 is 0. The van der Waals surface area contributed by atoms with E-state index in [1.165, 1.54) is 0 Å². The number of hydrogen-bond donors (Lipinski definition) is 0. The van der Waals surface area contributed by atoms with Gasteiger partial charge in [-0.2, -0.15) is 0 Å². The molecule has 27 heavy (non-hydrogen) atoms. The summed E-state index contributed by atoms with van der Waals surface area (Å²) in [6.45, 7) is 3.14. The van der Waals surface area contributed by atoms with Crippen LogP contribution in [-0.4, -0.2) is 36.0 Å². The molecule has 0 aromatic heterocycles. The summed E-state index contributed by atoms with van der Waals surface area (Å²) in [6, 6.07) is 14.9. The first-order valence-corrected chi connectivity index (χ1v) is 9.50. The molecule has 1 atom stereocenters. The van der Waals surface area contributed by atoms with Crippen molar-refractivity contribution < 1.29 is 19.1 Å². The zero-order valence-electron chi connectivity index (χ0n) is 15.4. The van der Waals surface area contributed by atoms with Crippen molar-refractivity contribution in [2.24, 2.45) is 0 Å². The maximum absolute atomic E-state index is 13.1. The van der Waals surface area contributed by atoms with E-state index in [9.17, 15) is 9.59 Å². The van der Waals surface area contributed by atoms with Crippen LogP contribution in [0, 0.1) is 0 Å². The average Bonchev–Trinajstić information content (AvgIpc) is 2.71. The van der Waals surface area contributed by atoms with Crippen LogP contribution in [0.2, 0.25) is 0 Å². The maximum atomic E-state index is 13.1. The fourth-order valence-corrected chi connectivity index (χ4v) is 3.83. The molecule has 5 heteroatoms. The number of para-hydroxylation sites is 2. The number of likely N-dealkylation sites (tertiary alicyclic amines) is 1. The Morgan fingerprint density at radius 1 is 0.963 bits per heavy atom. The lowest BCUT2D eigenvalue weighted by Gasteiger charge is -2.30. The number of hydrogen-bond acceptors (Lipinski definition) is 4. The second-order valence-electron chi connectivity index (χ2n) is 7.08. The Bertz CT molecular complexity index is 811. The van der Waals surface area contributed by atoms with Gasteiger partial charge in [0.25, 0.3) is 5.91 Å². The lowest BCUT2D eigenvalue weighted by molar-refractivity contribution is -0.160. The van der Waals surface area contributed by atoms with Gasteiger partial charge in [0.1, 0.15) is 17.4 Å². The van der Waals surface area contributed by atoms with Gasteiger partial charge in [-0.05, 0) is 38.3 Å². The van der Waals surface area contributed by atoms with Gasteiger partial charge in [-0.25, -0.2) is 0 Å². The van der Waals surface area contributed by atoms with Crippen LogP contribution in [0.3, 0.4) is 0 Å². The molecule has 2 heterocycles. The van der Waals surface area contributed by atoms with E-state index < -0.39 is 18.0 Å². The number of ether oxygens (including phenoxy) is 2. The highest BCUT2D eigenvalue weighted by molar-refractivity contribution is 5.89. The van der Waals surface area contributed by atoms with Gasteiger partial charge in [0.2, 0.25) is 0 Å². The molecule has 1 saturated heterocycles. The van der Waals surface area contributed by atoms with Gasteiger partial charge < -0.3 is 14.4 Å². The molecule has 4 rings (SSSR count). The molecule has 2 aromatic rings. The Kier molecular flexibility index (Phi) is 4.84. The van der Waals surface area contributed by atoms with Crippen molar-refractivity contribution >= 4 is 11.9 Å². The number of benzene rings is 2. The highest BCUT2D eigenvalue weighted by Gasteiger charge is 2.35. The lowest BCUT2D eigenvalue weighted by Crippen LogP contribution is -2.43. The van der Waals surface area contributed by atoms with E-state index in [1.54, 1.807) is 11.8 Å². The van der Waals surface area contributed by atoms with Gasteiger partial charge in [0.15, 0.2) is 6.10 Å². The molecule has 0 saturated carbocycles. The smallest absolute Gasteiger partial charge is 0.318 e. The molecular weight excluding hydrogens is 342 g/mol. The fourth-order valence-electron chi connectivity index (χ4n) is 3.83. The van der Waals surface area contributed by atoms with Crippen molar-refractivity contribution in [1.29, 1.82) is 0 Å². The van der Waals surface area contributed by atoms with Gasteiger partial charge in [0.05, 0.1) is 0 Å². The molecule has 5 nitrogen and oxygen atoms in total. The van der Waals surface area contributed by atoms with Crippen LogP contribution in [0.4, 0.5) is 0 Å². The Labute approximate surface area is 158 Å². The first kappa shape index (κ1) is 17.6. The number of fused-ring (bicyclic) bond motifs is 2. The lowest BCUT2D eigenvalue weighted by atomic mass is 9.88. The highest BCUT2D eigenvalue weighted by atomic mass is 16.5. The quantitative estimate of drug-likeness (QED) is 0.775. The summed E-state index contributed by atoms with van der Waals surface area (Å²) in [5.74, 6) is 0.164. The molecule has 0 spiro atoms. The molecule has 0 aliphatic carbocycles. The maximum Gasteiger partial charge on any atom is 0.318 e. The molecule has 2 aliphatic heterocycles. The molecule has 2 aromatic carbocycles. The van der Waals surface area contributed by atoms with E-state index in [1.807, 2.05) is 48.5 Å². The highest BCUT2D eigenvalue weighted by Crippen LogP contribution is 2.44. The molecule has 140 valence electrons. The summed E-state index contributed by atoms with van der Waals surface area (Å²) in [6.07, 6.45) is 2.37. The summed E-state index contributed by atoms with van der Waals surface area (Å²) in [4.78, 5) is 27.5. The van der Waals surface area contributed by atoms with Gasteiger partial charge in [-0.1, -0.05) is 36.4 Å². The number of piperidine rings is 1. The topological polar surface area (TPSA) is 55.8 Å². The Morgan fingerprint density at radius 3 is 2.11 bits per heavy atom. The van der Waals surface area contributed by atoms with Crippen molar-refractivity contribution in [3.8, 4) is 11.5 Å². The third-order valence-electron chi connectivity index (χ3n) is 5.22. The molecule has 1 amide bonds. The molecule has 0 bridgehead atoms. The molecule has 0 radical (unpaired) electrons. The van der Waals surface area contributed by atoms with Crippen LogP contribution >= 0.6 is 0 Å². The largest absolute Gasteiger partial charge is 0.457 e. The van der Waals surface area contributed by atoms with Crippen molar-refractivity contribution in [1.82, 2.24) is 4.90 Å². The monoisotopic (exact) mass is 365 g/mol. The molecular formula is C22H23NO4. The number of carbonyl (C=O) groups excluding carboxylic acids is 2. The second-order valence-corrected chi connectivity index (χ2v) is 7.08. The van der Waals surface area contributed by atoms with Crippen LogP contribution in [0.5, 0.6) is 11.5 Å². The minimum absolute atomic E-state index is 0.114. The Hall–Kier alpha value is -2.82. The van der Waals surface area contributed by atoms with Gasteiger partial charge in [-0.15, -0.1) is 0 Å². The zero-order valence-corrected chi connectivity index (χ0v) is 15.4. The Morgan fingerprint density at radius 2 is 1.52 bits per heavy atom. The number of nitrogens with zero attached hydrogens (tertiary/aromatic N) is 1. The van der Waals surface area contributed by atoms with Crippen LogP contribution < -0.4 is 4.74 Å².